The Morgan fingerprint density at radius 3 is 2.70 bits per heavy atom. The molecule has 120 valence electrons. The first-order valence-corrected chi connectivity index (χ1v) is 7.18. The van der Waals surface area contributed by atoms with Gasteiger partial charge in [0.15, 0.2) is 0 Å². The highest BCUT2D eigenvalue weighted by Crippen LogP contribution is 2.18. The first-order valence-electron chi connectivity index (χ1n) is 7.18. The van der Waals surface area contributed by atoms with E-state index in [-0.39, 0.29) is 17.6 Å². The Morgan fingerprint density at radius 2 is 2.04 bits per heavy atom. The van der Waals surface area contributed by atoms with Crippen LogP contribution in [0.1, 0.15) is 16.8 Å². The summed E-state index contributed by atoms with van der Waals surface area (Å²) in [7, 11) is 1.52. The first-order chi connectivity index (χ1) is 11.2. The molecule has 1 aliphatic rings. The van der Waals surface area contributed by atoms with E-state index < -0.39 is 0 Å². The molecule has 1 fully saturated rings. The number of ether oxygens (including phenoxy) is 2. The van der Waals surface area contributed by atoms with Crippen molar-refractivity contribution in [3.05, 3.63) is 46.4 Å². The largest absolute Gasteiger partial charge is 0.480 e. The van der Waals surface area contributed by atoms with Crippen LogP contribution in [-0.2, 0) is 0 Å². The number of carbonyl (C=O) groups excluding carboxylic acids is 1. The minimum Gasteiger partial charge on any atom is -0.480 e. The van der Waals surface area contributed by atoms with Gasteiger partial charge in [0.05, 0.1) is 19.2 Å². The molecule has 0 aromatic carbocycles. The van der Waals surface area contributed by atoms with E-state index in [1.807, 2.05) is 0 Å². The number of amides is 1. The van der Waals surface area contributed by atoms with Gasteiger partial charge in [-0.25, -0.2) is 0 Å². The van der Waals surface area contributed by atoms with Crippen LogP contribution in [0.3, 0.4) is 0 Å². The number of methoxy groups -OCH3 is 1. The molecule has 3 heterocycles. The number of aromatic amines is 1. The van der Waals surface area contributed by atoms with Crippen molar-refractivity contribution in [3.63, 3.8) is 0 Å². The van der Waals surface area contributed by atoms with Gasteiger partial charge >= 0.3 is 0 Å². The van der Waals surface area contributed by atoms with Crippen LogP contribution >= 0.6 is 0 Å². The van der Waals surface area contributed by atoms with Crippen molar-refractivity contribution in [2.24, 2.45) is 0 Å². The molecular weight excluding hydrogens is 300 g/mol. The Morgan fingerprint density at radius 1 is 1.26 bits per heavy atom. The molecule has 8 heteroatoms. The van der Waals surface area contributed by atoms with E-state index in [0.29, 0.717) is 36.8 Å². The van der Waals surface area contributed by atoms with Crippen LogP contribution in [-0.4, -0.2) is 52.3 Å². The second-order valence-corrected chi connectivity index (χ2v) is 5.14. The average Bonchev–Trinajstić information content (AvgIpc) is 3.04. The van der Waals surface area contributed by atoms with Crippen LogP contribution in [0.2, 0.25) is 0 Å². The van der Waals surface area contributed by atoms with Gasteiger partial charge in [-0.3, -0.25) is 9.59 Å². The normalized spacial score (nSPS) is 17.1. The number of carbonyl (C=O) groups is 1. The van der Waals surface area contributed by atoms with E-state index in [1.165, 1.54) is 25.4 Å². The van der Waals surface area contributed by atoms with Crippen molar-refractivity contribution in [2.75, 3.05) is 20.2 Å². The molecule has 1 saturated heterocycles. The summed E-state index contributed by atoms with van der Waals surface area (Å²) in [5, 5.41) is 7.75. The van der Waals surface area contributed by atoms with Crippen molar-refractivity contribution in [1.82, 2.24) is 20.1 Å². The van der Waals surface area contributed by atoms with Crippen LogP contribution in [0.5, 0.6) is 11.8 Å². The fourth-order valence-electron chi connectivity index (χ4n) is 2.39. The van der Waals surface area contributed by atoms with Crippen molar-refractivity contribution < 1.29 is 14.3 Å². The third-order valence-electron chi connectivity index (χ3n) is 3.58. The molecule has 0 bridgehead atoms. The van der Waals surface area contributed by atoms with Gasteiger partial charge in [-0.1, -0.05) is 0 Å². The molecule has 8 nitrogen and oxygen atoms in total. The molecule has 2 aromatic heterocycles. The number of likely N-dealkylation sites (tertiary alicyclic amines) is 1. The number of hydrogen-bond acceptors (Lipinski definition) is 6. The zero-order valence-corrected chi connectivity index (χ0v) is 12.6. The van der Waals surface area contributed by atoms with Crippen molar-refractivity contribution >= 4 is 5.91 Å². The number of H-pyrrole nitrogens is 1. The van der Waals surface area contributed by atoms with Gasteiger partial charge in [-0.15, -0.1) is 10.2 Å². The van der Waals surface area contributed by atoms with Crippen molar-refractivity contribution in [1.29, 1.82) is 0 Å². The molecule has 2 aromatic rings. The summed E-state index contributed by atoms with van der Waals surface area (Å²) in [4.78, 5) is 27.6. The summed E-state index contributed by atoms with van der Waals surface area (Å²) in [6.07, 6.45) is 2.00. The minimum absolute atomic E-state index is 0.131. The van der Waals surface area contributed by atoms with Gasteiger partial charge < -0.3 is 19.4 Å². The molecule has 0 radical (unpaired) electrons. The molecule has 0 spiro atoms. The minimum atomic E-state index is -0.234. The van der Waals surface area contributed by atoms with Crippen LogP contribution in [0.25, 0.3) is 0 Å². The fraction of sp³-hybridized carbons (Fsp3) is 0.333. The van der Waals surface area contributed by atoms with Crippen molar-refractivity contribution in [2.45, 2.75) is 12.5 Å². The van der Waals surface area contributed by atoms with E-state index in [4.69, 9.17) is 9.47 Å². The maximum Gasteiger partial charge on any atom is 0.255 e. The third-order valence-corrected chi connectivity index (χ3v) is 3.58. The van der Waals surface area contributed by atoms with Gasteiger partial charge in [0.25, 0.3) is 5.91 Å². The molecule has 0 aliphatic carbocycles. The Kier molecular flexibility index (Phi) is 4.22. The summed E-state index contributed by atoms with van der Waals surface area (Å²) >= 11 is 0. The topological polar surface area (TPSA) is 97.4 Å². The lowest BCUT2D eigenvalue weighted by molar-refractivity contribution is 0.0770. The van der Waals surface area contributed by atoms with Gasteiger partial charge in [-0.05, 0) is 6.07 Å². The molecule has 1 amide bonds. The molecule has 23 heavy (non-hydrogen) atoms. The number of nitrogens with zero attached hydrogens (tertiary/aromatic N) is 3. The Labute approximate surface area is 132 Å². The lowest BCUT2D eigenvalue weighted by Gasteiger charge is -2.16. The zero-order valence-electron chi connectivity index (χ0n) is 12.6. The molecule has 0 saturated carbocycles. The summed E-state index contributed by atoms with van der Waals surface area (Å²) in [6.45, 7) is 1.05. The Balaban J connectivity index is 1.60. The van der Waals surface area contributed by atoms with E-state index in [0.717, 1.165) is 0 Å². The molecule has 1 unspecified atom stereocenters. The van der Waals surface area contributed by atoms with Gasteiger partial charge in [0.1, 0.15) is 6.10 Å². The van der Waals surface area contributed by atoms with E-state index >= 15 is 0 Å². The highest BCUT2D eigenvalue weighted by Gasteiger charge is 2.28. The second kappa shape index (κ2) is 6.47. The smallest absolute Gasteiger partial charge is 0.255 e. The quantitative estimate of drug-likeness (QED) is 0.880. The second-order valence-electron chi connectivity index (χ2n) is 5.14. The summed E-state index contributed by atoms with van der Waals surface area (Å²) in [5.74, 6) is 0.681. The SMILES string of the molecule is COc1ccc(OC2CCN(C(=O)c3ccc(=O)[nH]c3)C2)nn1. The number of pyridine rings is 1. The standard InChI is InChI=1S/C15H16N4O4/c1-22-13-4-5-14(18-17-13)23-11-6-7-19(9-11)15(21)10-2-3-12(20)16-8-10/h2-5,8,11H,6-7,9H2,1H3,(H,16,20). The van der Waals surface area contributed by atoms with Gasteiger partial charge in [-0.2, -0.15) is 0 Å². The molecule has 3 rings (SSSR count). The number of hydrogen-bond donors (Lipinski definition) is 1. The lowest BCUT2D eigenvalue weighted by atomic mass is 10.2. The molecule has 1 aliphatic heterocycles. The Bertz CT molecular complexity index is 723. The molecule has 1 N–H and O–H groups in total. The maximum absolute atomic E-state index is 12.3. The van der Waals surface area contributed by atoms with E-state index in [9.17, 15) is 9.59 Å². The zero-order chi connectivity index (χ0) is 16.2. The summed E-state index contributed by atoms with van der Waals surface area (Å²) in [5.41, 5.74) is 0.219. The monoisotopic (exact) mass is 316 g/mol. The summed E-state index contributed by atoms with van der Waals surface area (Å²) < 4.78 is 10.7. The molecular formula is C15H16N4O4. The lowest BCUT2D eigenvalue weighted by Crippen LogP contribution is -2.31. The average molecular weight is 316 g/mol. The van der Waals surface area contributed by atoms with Crippen LogP contribution in [0.15, 0.2) is 35.3 Å². The van der Waals surface area contributed by atoms with Crippen LogP contribution < -0.4 is 15.0 Å². The van der Waals surface area contributed by atoms with E-state index in [2.05, 4.69) is 15.2 Å². The number of nitrogens with one attached hydrogen (secondary N) is 1. The highest BCUT2D eigenvalue weighted by molar-refractivity contribution is 5.94. The van der Waals surface area contributed by atoms with E-state index in [1.54, 1.807) is 17.0 Å². The van der Waals surface area contributed by atoms with Crippen molar-refractivity contribution in [3.8, 4) is 11.8 Å². The molecule has 1 atom stereocenters. The number of rotatable bonds is 4. The van der Waals surface area contributed by atoms with Crippen LogP contribution in [0.4, 0.5) is 0 Å². The highest BCUT2D eigenvalue weighted by atomic mass is 16.5. The van der Waals surface area contributed by atoms with Gasteiger partial charge in [0.2, 0.25) is 17.3 Å². The predicted molar refractivity (Wildman–Crippen MR) is 80.6 cm³/mol. The number of aromatic nitrogens is 3. The maximum atomic E-state index is 12.3. The van der Waals surface area contributed by atoms with Gasteiger partial charge in [0, 0.05) is 37.4 Å². The predicted octanol–water partition coefficient (Wildman–Crippen LogP) is 0.467. The first kappa shape index (κ1) is 15.0. The van der Waals surface area contributed by atoms with Crippen LogP contribution in [0, 0.1) is 0 Å². The fourth-order valence-corrected chi connectivity index (χ4v) is 2.39. The Hall–Kier alpha value is -2.90. The third kappa shape index (κ3) is 3.47. The summed E-state index contributed by atoms with van der Waals surface area (Å²) in [6, 6.07) is 6.20.